The van der Waals surface area contributed by atoms with Crippen LogP contribution in [0.2, 0.25) is 0 Å². The SMILES string of the molecule is CCSCCN1C(=O)C2=C(c3ccc(N(c4ccc(C)cc4C)c4ccc(C)cc4C)cc3)N(CCSCC)C(=O)C2=C1c1ccc(N(c2ccc(C)cc2C)c2ccc(C)cc2C)cc1. The molecule has 0 saturated carbocycles. The number of hydrogen-bond donors (Lipinski definition) is 0. The van der Waals surface area contributed by atoms with Crippen LogP contribution in [0.5, 0.6) is 0 Å². The summed E-state index contributed by atoms with van der Waals surface area (Å²) in [4.78, 5) is 38.7. The van der Waals surface area contributed by atoms with E-state index in [1.165, 1.54) is 44.5 Å². The molecule has 8 heteroatoms. The van der Waals surface area contributed by atoms with E-state index >= 15 is 9.59 Å². The van der Waals surface area contributed by atoms with Gasteiger partial charge >= 0.3 is 0 Å². The summed E-state index contributed by atoms with van der Waals surface area (Å²) in [6, 6.07) is 43.3. The first-order valence-electron chi connectivity index (χ1n) is 23.2. The van der Waals surface area contributed by atoms with E-state index in [-0.39, 0.29) is 11.8 Å². The van der Waals surface area contributed by atoms with Crippen molar-refractivity contribution < 1.29 is 9.59 Å². The van der Waals surface area contributed by atoms with Gasteiger partial charge in [-0.3, -0.25) is 9.59 Å². The van der Waals surface area contributed by atoms with E-state index in [1.807, 2.05) is 9.80 Å². The second kappa shape index (κ2) is 19.9. The number of amides is 2. The van der Waals surface area contributed by atoms with Crippen LogP contribution in [-0.4, -0.2) is 57.7 Å². The van der Waals surface area contributed by atoms with Crippen LogP contribution in [0.4, 0.5) is 34.1 Å². The number of hydrogen-bond acceptors (Lipinski definition) is 6. The van der Waals surface area contributed by atoms with Gasteiger partial charge in [0.15, 0.2) is 0 Å². The van der Waals surface area contributed by atoms with Crippen molar-refractivity contribution in [2.75, 3.05) is 45.9 Å². The molecule has 2 aliphatic heterocycles. The molecule has 0 fully saturated rings. The van der Waals surface area contributed by atoms with Gasteiger partial charge < -0.3 is 19.6 Å². The first-order chi connectivity index (χ1) is 31.8. The zero-order chi connectivity index (χ0) is 46.8. The first-order valence-corrected chi connectivity index (χ1v) is 25.5. The maximum absolute atomic E-state index is 15.1. The summed E-state index contributed by atoms with van der Waals surface area (Å²) in [6.07, 6.45) is 0. The molecule has 0 N–H and O–H groups in total. The molecule has 0 bridgehead atoms. The summed E-state index contributed by atoms with van der Waals surface area (Å²) in [5, 5.41) is 0. The van der Waals surface area contributed by atoms with Crippen molar-refractivity contribution >= 4 is 80.9 Å². The highest BCUT2D eigenvalue weighted by atomic mass is 32.2. The Labute approximate surface area is 401 Å². The Kier molecular flexibility index (Phi) is 14.0. The zero-order valence-electron chi connectivity index (χ0n) is 40.2. The van der Waals surface area contributed by atoms with E-state index in [0.29, 0.717) is 35.6 Å². The first kappa shape index (κ1) is 46.6. The fourth-order valence-corrected chi connectivity index (χ4v) is 10.8. The van der Waals surface area contributed by atoms with E-state index in [9.17, 15) is 0 Å². The lowest BCUT2D eigenvalue weighted by molar-refractivity contribution is -0.123. The Morgan fingerprint density at radius 3 is 0.955 bits per heavy atom. The molecule has 8 rings (SSSR count). The highest BCUT2D eigenvalue weighted by Crippen LogP contribution is 2.48. The fourth-order valence-electron chi connectivity index (χ4n) is 9.60. The molecule has 0 unspecified atom stereocenters. The third-order valence-corrected chi connectivity index (χ3v) is 14.4. The zero-order valence-corrected chi connectivity index (χ0v) is 41.8. The number of benzene rings is 6. The molecular weight excluding hydrogens is 849 g/mol. The highest BCUT2D eigenvalue weighted by Gasteiger charge is 2.48. The van der Waals surface area contributed by atoms with Crippen LogP contribution in [0.25, 0.3) is 11.4 Å². The Morgan fingerprint density at radius 1 is 0.409 bits per heavy atom. The predicted octanol–water partition coefficient (Wildman–Crippen LogP) is 14.4. The highest BCUT2D eigenvalue weighted by molar-refractivity contribution is 7.99. The van der Waals surface area contributed by atoms with Crippen LogP contribution in [0.3, 0.4) is 0 Å². The lowest BCUT2D eigenvalue weighted by Gasteiger charge is -2.30. The van der Waals surface area contributed by atoms with Crippen molar-refractivity contribution in [1.82, 2.24) is 9.80 Å². The van der Waals surface area contributed by atoms with Crippen LogP contribution < -0.4 is 9.80 Å². The van der Waals surface area contributed by atoms with Gasteiger partial charge in [-0.1, -0.05) is 109 Å². The van der Waals surface area contributed by atoms with Crippen molar-refractivity contribution in [2.24, 2.45) is 0 Å². The molecule has 0 spiro atoms. The van der Waals surface area contributed by atoms with Gasteiger partial charge in [0.05, 0.1) is 22.5 Å². The van der Waals surface area contributed by atoms with E-state index in [4.69, 9.17) is 0 Å². The number of nitrogens with zero attached hydrogens (tertiary/aromatic N) is 4. The Hall–Kier alpha value is -5.96. The number of thioether (sulfide) groups is 2. The molecule has 338 valence electrons. The van der Waals surface area contributed by atoms with Crippen molar-refractivity contribution in [3.05, 3.63) is 188 Å². The summed E-state index contributed by atoms with van der Waals surface area (Å²) in [5.74, 6) is 3.19. The van der Waals surface area contributed by atoms with Crippen molar-refractivity contribution in [3.8, 4) is 0 Å². The second-order valence-corrected chi connectivity index (χ2v) is 20.5. The summed E-state index contributed by atoms with van der Waals surface area (Å²) < 4.78 is 0. The minimum absolute atomic E-state index is 0.113. The summed E-state index contributed by atoms with van der Waals surface area (Å²) in [7, 11) is 0. The van der Waals surface area contributed by atoms with Gasteiger partial charge in [-0.2, -0.15) is 23.5 Å². The third-order valence-electron chi connectivity index (χ3n) is 12.7. The Balaban J connectivity index is 1.27. The summed E-state index contributed by atoms with van der Waals surface area (Å²) >= 11 is 3.61. The number of rotatable bonds is 16. The van der Waals surface area contributed by atoms with Crippen LogP contribution in [0.15, 0.2) is 132 Å². The molecule has 0 atom stereocenters. The van der Waals surface area contributed by atoms with Gasteiger partial charge in [-0.25, -0.2) is 0 Å². The van der Waals surface area contributed by atoms with E-state index in [0.717, 1.165) is 68.3 Å². The van der Waals surface area contributed by atoms with Gasteiger partial charge in [0.25, 0.3) is 11.8 Å². The molecule has 6 nitrogen and oxygen atoms in total. The van der Waals surface area contributed by atoms with Gasteiger partial charge in [0.2, 0.25) is 0 Å². The molecule has 0 aromatic heterocycles. The third kappa shape index (κ3) is 9.10. The molecule has 2 amide bonds. The normalized spacial score (nSPS) is 13.7. The van der Waals surface area contributed by atoms with Crippen molar-refractivity contribution in [3.63, 3.8) is 0 Å². The number of carbonyl (C=O) groups is 2. The van der Waals surface area contributed by atoms with Crippen LogP contribution in [0.1, 0.15) is 69.5 Å². The van der Waals surface area contributed by atoms with Gasteiger partial charge in [-0.05, 0) is 149 Å². The van der Waals surface area contributed by atoms with Crippen LogP contribution >= 0.6 is 23.5 Å². The Morgan fingerprint density at radius 2 is 0.697 bits per heavy atom. The monoisotopic (exact) mass is 910 g/mol. The molecule has 6 aromatic carbocycles. The number of fused-ring (bicyclic) bond motifs is 1. The maximum Gasteiger partial charge on any atom is 0.261 e. The second-order valence-electron chi connectivity index (χ2n) is 17.7. The minimum atomic E-state index is -0.113. The average Bonchev–Trinajstić information content (AvgIpc) is 3.73. The number of anilines is 6. The quantitative estimate of drug-likeness (QED) is 0.0902. The topological polar surface area (TPSA) is 47.1 Å². The minimum Gasteiger partial charge on any atom is -0.310 e. The predicted molar refractivity (Wildman–Crippen MR) is 283 cm³/mol. The van der Waals surface area contributed by atoms with E-state index in [2.05, 4.69) is 200 Å². The molecule has 66 heavy (non-hydrogen) atoms. The molecule has 0 aliphatic carbocycles. The molecule has 2 heterocycles. The largest absolute Gasteiger partial charge is 0.310 e. The molecule has 0 saturated heterocycles. The standard InChI is InChI=1S/C58H62N4O2S2/c1-11-65-31-29-59-55(45-17-21-47(22-18-45)61(49-25-13-37(3)33-41(49)7)50-26-14-38(4)34-42(50)8)53-54(57(59)63)56(60(58(53)64)30-32-66-12-2)46-19-23-48(24-20-46)62(51-27-15-39(5)35-43(51)9)52-28-16-40(6)36-44(52)10/h13-28,33-36H,11-12,29-32H2,1-10H3. The van der Waals surface area contributed by atoms with Gasteiger partial charge in [0, 0.05) is 58.7 Å². The molecule has 2 aliphatic rings. The van der Waals surface area contributed by atoms with Gasteiger partial charge in [0.1, 0.15) is 0 Å². The lowest BCUT2D eigenvalue weighted by Crippen LogP contribution is -2.32. The van der Waals surface area contributed by atoms with Crippen LogP contribution in [0, 0.1) is 55.4 Å². The van der Waals surface area contributed by atoms with E-state index in [1.54, 1.807) is 23.5 Å². The number of carbonyl (C=O) groups excluding carboxylic acids is 2. The maximum atomic E-state index is 15.1. The molecule has 0 radical (unpaired) electrons. The fraction of sp³-hybridized carbons (Fsp3) is 0.276. The van der Waals surface area contributed by atoms with Crippen molar-refractivity contribution in [1.29, 1.82) is 0 Å². The van der Waals surface area contributed by atoms with Crippen LogP contribution in [-0.2, 0) is 9.59 Å². The lowest BCUT2D eigenvalue weighted by atomic mass is 10.0. The van der Waals surface area contributed by atoms with Gasteiger partial charge in [-0.15, -0.1) is 0 Å². The smallest absolute Gasteiger partial charge is 0.261 e. The number of aryl methyl sites for hydroxylation is 8. The molecular formula is C58H62N4O2S2. The Bertz CT molecular complexity index is 2580. The van der Waals surface area contributed by atoms with E-state index < -0.39 is 0 Å². The average molecular weight is 911 g/mol. The summed E-state index contributed by atoms with van der Waals surface area (Å²) in [5.41, 5.74) is 20.1. The van der Waals surface area contributed by atoms with Crippen molar-refractivity contribution in [2.45, 2.75) is 69.2 Å². The summed E-state index contributed by atoms with van der Waals surface area (Å²) in [6.45, 7) is 22.5. The molecule has 6 aromatic rings.